The van der Waals surface area contributed by atoms with E-state index < -0.39 is 0 Å². The Kier molecular flexibility index (Phi) is 3.94. The third-order valence-corrected chi connectivity index (χ3v) is 3.47. The number of phenols is 1. The molecule has 0 amide bonds. The molecule has 0 bridgehead atoms. The van der Waals surface area contributed by atoms with E-state index in [0.29, 0.717) is 5.75 Å². The fourth-order valence-electron chi connectivity index (χ4n) is 2.18. The summed E-state index contributed by atoms with van der Waals surface area (Å²) in [6, 6.07) is 16.4. The lowest BCUT2D eigenvalue weighted by atomic mass is 9.85. The lowest BCUT2D eigenvalue weighted by Crippen LogP contribution is -2.11. The molecule has 0 aliphatic heterocycles. The van der Waals surface area contributed by atoms with E-state index in [0.717, 1.165) is 18.4 Å². The van der Waals surface area contributed by atoms with Crippen LogP contribution in [0.2, 0.25) is 0 Å². The maximum absolute atomic E-state index is 9.98. The Bertz CT molecular complexity index is 535. The van der Waals surface area contributed by atoms with E-state index in [1.165, 1.54) is 11.1 Å². The average molecular weight is 254 g/mol. The summed E-state index contributed by atoms with van der Waals surface area (Å²) in [5, 5.41) is 9.98. The minimum Gasteiger partial charge on any atom is -0.508 e. The van der Waals surface area contributed by atoms with E-state index in [1.54, 1.807) is 0 Å². The van der Waals surface area contributed by atoms with Crippen LogP contribution in [-0.2, 0) is 18.3 Å². The Hall–Kier alpha value is -1.76. The van der Waals surface area contributed by atoms with Gasteiger partial charge in [-0.2, -0.15) is 0 Å². The molecule has 0 aliphatic rings. The molecule has 0 atom stereocenters. The van der Waals surface area contributed by atoms with E-state index in [9.17, 15) is 5.11 Å². The van der Waals surface area contributed by atoms with Gasteiger partial charge in [-0.15, -0.1) is 0 Å². The molecule has 0 fully saturated rings. The zero-order valence-corrected chi connectivity index (χ0v) is 12.0. The minimum atomic E-state index is 0.120. The van der Waals surface area contributed by atoms with Gasteiger partial charge in [0.15, 0.2) is 0 Å². The number of rotatable bonds is 3. The first-order valence-electron chi connectivity index (χ1n) is 6.83. The first kappa shape index (κ1) is 13.7. The molecular formula is C18H22O. The van der Waals surface area contributed by atoms with Crippen molar-refractivity contribution in [2.45, 2.75) is 39.0 Å². The fraction of sp³-hybridized carbons (Fsp3) is 0.333. The lowest BCUT2D eigenvalue weighted by molar-refractivity contribution is 0.466. The van der Waals surface area contributed by atoms with Crippen LogP contribution >= 0.6 is 0 Å². The normalized spacial score (nSPS) is 11.5. The van der Waals surface area contributed by atoms with Crippen molar-refractivity contribution in [3.05, 3.63) is 65.2 Å². The first-order valence-corrected chi connectivity index (χ1v) is 6.83. The van der Waals surface area contributed by atoms with Crippen LogP contribution in [0.25, 0.3) is 0 Å². The Balaban J connectivity index is 2.16. The van der Waals surface area contributed by atoms with Crippen molar-refractivity contribution in [1.82, 2.24) is 0 Å². The second-order valence-corrected chi connectivity index (χ2v) is 6.08. The maximum atomic E-state index is 9.98. The zero-order chi connectivity index (χ0) is 13.9. The molecule has 0 saturated heterocycles. The van der Waals surface area contributed by atoms with Gasteiger partial charge in [-0.3, -0.25) is 0 Å². The number of aryl methyl sites for hydroxylation is 2. The van der Waals surface area contributed by atoms with Crippen LogP contribution in [0.4, 0.5) is 0 Å². The zero-order valence-electron chi connectivity index (χ0n) is 12.0. The Morgan fingerprint density at radius 2 is 1.58 bits per heavy atom. The number of hydrogen-bond donors (Lipinski definition) is 1. The fourth-order valence-corrected chi connectivity index (χ4v) is 2.18. The average Bonchev–Trinajstić information content (AvgIpc) is 2.37. The third kappa shape index (κ3) is 3.60. The molecule has 0 spiro atoms. The van der Waals surface area contributed by atoms with Crippen molar-refractivity contribution in [2.75, 3.05) is 0 Å². The quantitative estimate of drug-likeness (QED) is 0.856. The van der Waals surface area contributed by atoms with E-state index >= 15 is 0 Å². The van der Waals surface area contributed by atoms with Crippen molar-refractivity contribution >= 4 is 0 Å². The Labute approximate surface area is 115 Å². The monoisotopic (exact) mass is 254 g/mol. The summed E-state index contributed by atoms with van der Waals surface area (Å²) in [6.07, 6.45) is 1.84. The van der Waals surface area contributed by atoms with Crippen molar-refractivity contribution in [2.24, 2.45) is 0 Å². The second kappa shape index (κ2) is 5.48. The van der Waals surface area contributed by atoms with Gasteiger partial charge < -0.3 is 5.11 Å². The summed E-state index contributed by atoms with van der Waals surface area (Å²) in [5.74, 6) is 0.406. The summed E-state index contributed by atoms with van der Waals surface area (Å²) >= 11 is 0. The van der Waals surface area contributed by atoms with Gasteiger partial charge in [0.25, 0.3) is 0 Å². The van der Waals surface area contributed by atoms with E-state index in [2.05, 4.69) is 51.1 Å². The minimum absolute atomic E-state index is 0.120. The molecular weight excluding hydrogens is 232 g/mol. The molecule has 2 aromatic carbocycles. The highest BCUT2D eigenvalue weighted by molar-refractivity contribution is 5.39. The largest absolute Gasteiger partial charge is 0.508 e. The number of hydrogen-bond acceptors (Lipinski definition) is 1. The predicted octanol–water partition coefficient (Wildman–Crippen LogP) is 4.47. The topological polar surface area (TPSA) is 20.2 Å². The molecule has 1 heteroatoms. The molecule has 19 heavy (non-hydrogen) atoms. The molecule has 0 aliphatic carbocycles. The smallest absolute Gasteiger partial charge is 0.118 e. The van der Waals surface area contributed by atoms with Crippen LogP contribution in [-0.4, -0.2) is 5.11 Å². The first-order chi connectivity index (χ1) is 8.97. The summed E-state index contributed by atoms with van der Waals surface area (Å²) < 4.78 is 0. The number of benzene rings is 2. The molecule has 1 N–H and O–H groups in total. The molecule has 0 unspecified atom stereocenters. The predicted molar refractivity (Wildman–Crippen MR) is 80.7 cm³/mol. The van der Waals surface area contributed by atoms with Crippen molar-refractivity contribution < 1.29 is 5.11 Å². The van der Waals surface area contributed by atoms with Crippen LogP contribution in [0.1, 0.15) is 37.5 Å². The van der Waals surface area contributed by atoms with Crippen molar-refractivity contribution in [1.29, 1.82) is 0 Å². The van der Waals surface area contributed by atoms with Crippen LogP contribution in [0.5, 0.6) is 5.75 Å². The van der Waals surface area contributed by atoms with Crippen LogP contribution < -0.4 is 0 Å². The van der Waals surface area contributed by atoms with E-state index in [1.807, 2.05) is 18.2 Å². The van der Waals surface area contributed by atoms with Gasteiger partial charge in [-0.1, -0.05) is 63.2 Å². The van der Waals surface area contributed by atoms with E-state index in [-0.39, 0.29) is 5.41 Å². The lowest BCUT2D eigenvalue weighted by Gasteiger charge is -2.20. The number of aromatic hydroxyl groups is 1. The van der Waals surface area contributed by atoms with Crippen LogP contribution in [0.3, 0.4) is 0 Å². The molecule has 100 valence electrons. The van der Waals surface area contributed by atoms with Gasteiger partial charge in [-0.05, 0) is 41.0 Å². The van der Waals surface area contributed by atoms with Gasteiger partial charge in [0.2, 0.25) is 0 Å². The van der Waals surface area contributed by atoms with Gasteiger partial charge in [0.1, 0.15) is 5.75 Å². The van der Waals surface area contributed by atoms with Crippen molar-refractivity contribution in [3.8, 4) is 5.75 Å². The standard InChI is InChI=1S/C18H22O/c1-18(2,3)16-11-12-17(19)15(13-16)10-9-14-7-5-4-6-8-14/h4-8,11-13,19H,9-10H2,1-3H3. The summed E-state index contributed by atoms with van der Waals surface area (Å²) in [5.41, 5.74) is 3.74. The highest BCUT2D eigenvalue weighted by atomic mass is 16.3. The van der Waals surface area contributed by atoms with E-state index in [4.69, 9.17) is 0 Å². The maximum Gasteiger partial charge on any atom is 0.118 e. The van der Waals surface area contributed by atoms with Gasteiger partial charge in [0.05, 0.1) is 0 Å². The van der Waals surface area contributed by atoms with Gasteiger partial charge in [-0.25, -0.2) is 0 Å². The van der Waals surface area contributed by atoms with Crippen LogP contribution in [0, 0.1) is 0 Å². The highest BCUT2D eigenvalue weighted by Gasteiger charge is 2.15. The van der Waals surface area contributed by atoms with Crippen molar-refractivity contribution in [3.63, 3.8) is 0 Å². The third-order valence-electron chi connectivity index (χ3n) is 3.47. The van der Waals surface area contributed by atoms with Crippen LogP contribution in [0.15, 0.2) is 48.5 Å². The molecule has 2 rings (SSSR count). The molecule has 0 aromatic heterocycles. The molecule has 0 heterocycles. The summed E-state index contributed by atoms with van der Waals surface area (Å²) in [4.78, 5) is 0. The Morgan fingerprint density at radius 3 is 2.21 bits per heavy atom. The van der Waals surface area contributed by atoms with Gasteiger partial charge >= 0.3 is 0 Å². The SMILES string of the molecule is CC(C)(C)c1ccc(O)c(CCc2ccccc2)c1. The molecule has 0 radical (unpaired) electrons. The number of phenolic OH excluding ortho intramolecular Hbond substituents is 1. The summed E-state index contributed by atoms with van der Waals surface area (Å²) in [7, 11) is 0. The molecule has 2 aromatic rings. The van der Waals surface area contributed by atoms with Gasteiger partial charge in [0, 0.05) is 0 Å². The highest BCUT2D eigenvalue weighted by Crippen LogP contribution is 2.28. The molecule has 1 nitrogen and oxygen atoms in total. The molecule has 0 saturated carbocycles. The summed E-state index contributed by atoms with van der Waals surface area (Å²) in [6.45, 7) is 6.58. The second-order valence-electron chi connectivity index (χ2n) is 6.08. The Morgan fingerprint density at radius 1 is 0.895 bits per heavy atom.